The molecule has 0 fully saturated rings. The average Bonchev–Trinajstić information content (AvgIpc) is 2.83. The van der Waals surface area contributed by atoms with Crippen molar-refractivity contribution < 1.29 is 13.2 Å². The first-order chi connectivity index (χ1) is 16.7. The Morgan fingerprint density at radius 3 is 2.17 bits per heavy atom. The number of thioether (sulfide) groups is 1. The molecule has 0 atom stereocenters. The molecule has 0 aliphatic carbocycles. The number of amides is 1. The van der Waals surface area contributed by atoms with Crippen molar-refractivity contribution >= 4 is 56.6 Å². The molecule has 0 radical (unpaired) electrons. The number of benzene rings is 3. The smallest absolute Gasteiger partial charge is 0.264 e. The monoisotopic (exact) mass is 550 g/mol. The summed E-state index contributed by atoms with van der Waals surface area (Å²) in [6, 6.07) is 19.0. The normalized spacial score (nSPS) is 11.3. The second-order valence-electron chi connectivity index (χ2n) is 8.12. The largest absolute Gasteiger partial charge is 0.354 e. The van der Waals surface area contributed by atoms with E-state index in [1.807, 2.05) is 44.2 Å². The molecule has 3 aromatic carbocycles. The second kappa shape index (κ2) is 12.7. The van der Waals surface area contributed by atoms with Gasteiger partial charge in [-0.05, 0) is 91.2 Å². The molecule has 5 nitrogen and oxygen atoms in total. The van der Waals surface area contributed by atoms with E-state index in [0.29, 0.717) is 17.3 Å². The zero-order valence-corrected chi connectivity index (χ0v) is 22.8. The average molecular weight is 552 g/mol. The summed E-state index contributed by atoms with van der Waals surface area (Å²) in [6.45, 7) is 4.02. The van der Waals surface area contributed by atoms with Crippen LogP contribution in [0.4, 0.5) is 5.69 Å². The molecule has 1 amide bonds. The van der Waals surface area contributed by atoms with Crippen LogP contribution in [0.5, 0.6) is 0 Å². The van der Waals surface area contributed by atoms with Crippen molar-refractivity contribution in [2.24, 2.45) is 0 Å². The first kappa shape index (κ1) is 27.4. The highest BCUT2D eigenvalue weighted by atomic mass is 35.5. The van der Waals surface area contributed by atoms with Gasteiger partial charge in [0, 0.05) is 22.3 Å². The van der Waals surface area contributed by atoms with Crippen LogP contribution in [0.15, 0.2) is 71.6 Å². The molecule has 0 aromatic heterocycles. The topological polar surface area (TPSA) is 66.5 Å². The number of halogens is 2. The van der Waals surface area contributed by atoms with Crippen molar-refractivity contribution in [3.05, 3.63) is 93.5 Å². The molecule has 3 aromatic rings. The number of carbonyl (C=O) groups is 1. The molecular formula is C26H28Cl2N2O3S2. The molecule has 3 rings (SSSR count). The van der Waals surface area contributed by atoms with E-state index in [2.05, 4.69) is 5.32 Å². The number of hydrogen-bond donors (Lipinski definition) is 1. The molecule has 0 bridgehead atoms. The van der Waals surface area contributed by atoms with E-state index < -0.39 is 10.0 Å². The highest BCUT2D eigenvalue weighted by molar-refractivity contribution is 7.98. The molecule has 0 aliphatic rings. The lowest BCUT2D eigenvalue weighted by molar-refractivity contribution is -0.119. The fraction of sp³-hybridized carbons (Fsp3) is 0.269. The Balaban J connectivity index is 1.61. The second-order valence-corrected chi connectivity index (χ2v) is 12.0. The third kappa shape index (κ3) is 7.90. The van der Waals surface area contributed by atoms with Gasteiger partial charge in [-0.25, -0.2) is 8.42 Å². The van der Waals surface area contributed by atoms with E-state index in [9.17, 15) is 13.2 Å². The van der Waals surface area contributed by atoms with E-state index in [0.717, 1.165) is 38.4 Å². The number of hydrogen-bond acceptors (Lipinski definition) is 4. The summed E-state index contributed by atoms with van der Waals surface area (Å²) >= 11 is 13.6. The Hall–Kier alpha value is -2.19. The van der Waals surface area contributed by atoms with Crippen LogP contribution in [0, 0.1) is 13.8 Å². The summed E-state index contributed by atoms with van der Waals surface area (Å²) in [5.41, 5.74) is 3.62. The van der Waals surface area contributed by atoms with E-state index in [-0.39, 0.29) is 17.3 Å². The fourth-order valence-electron chi connectivity index (χ4n) is 3.29. The van der Waals surface area contributed by atoms with Gasteiger partial charge >= 0.3 is 0 Å². The molecule has 186 valence electrons. The van der Waals surface area contributed by atoms with Crippen molar-refractivity contribution in [3.8, 4) is 0 Å². The number of nitrogens with one attached hydrogen (secondary N) is 1. The third-order valence-corrected chi connectivity index (χ3v) is 8.84. The van der Waals surface area contributed by atoms with Gasteiger partial charge in [-0.3, -0.25) is 9.10 Å². The maximum Gasteiger partial charge on any atom is 0.264 e. The summed E-state index contributed by atoms with van der Waals surface area (Å²) < 4.78 is 28.0. The van der Waals surface area contributed by atoms with Crippen LogP contribution < -0.4 is 9.62 Å². The van der Waals surface area contributed by atoms with Crippen molar-refractivity contribution in [2.75, 3.05) is 23.1 Å². The van der Waals surface area contributed by atoms with Gasteiger partial charge in [0.25, 0.3) is 10.0 Å². The van der Waals surface area contributed by atoms with Crippen LogP contribution in [0.3, 0.4) is 0 Å². The van der Waals surface area contributed by atoms with Gasteiger partial charge in [0.1, 0.15) is 6.54 Å². The summed E-state index contributed by atoms with van der Waals surface area (Å²) in [5, 5.41) is 4.01. The van der Waals surface area contributed by atoms with Crippen molar-refractivity contribution in [3.63, 3.8) is 0 Å². The molecule has 0 spiro atoms. The van der Waals surface area contributed by atoms with E-state index in [1.54, 1.807) is 23.9 Å². The highest BCUT2D eigenvalue weighted by Gasteiger charge is 2.27. The summed E-state index contributed by atoms with van der Waals surface area (Å²) in [7, 11) is -3.97. The number of sulfonamides is 1. The van der Waals surface area contributed by atoms with Crippen LogP contribution >= 0.6 is 35.0 Å². The molecule has 0 aliphatic heterocycles. The Bertz CT molecular complexity index is 1250. The van der Waals surface area contributed by atoms with Crippen LogP contribution in [0.2, 0.25) is 10.0 Å². The predicted molar refractivity (Wildman–Crippen MR) is 147 cm³/mol. The molecule has 0 saturated heterocycles. The number of aryl methyl sites for hydroxylation is 2. The number of nitrogens with zero attached hydrogens (tertiary/aromatic N) is 1. The van der Waals surface area contributed by atoms with Gasteiger partial charge in [-0.15, -0.1) is 0 Å². The minimum absolute atomic E-state index is 0.0755. The molecule has 35 heavy (non-hydrogen) atoms. The van der Waals surface area contributed by atoms with Gasteiger partial charge in [0.05, 0.1) is 10.6 Å². The fourth-order valence-corrected chi connectivity index (χ4v) is 5.87. The van der Waals surface area contributed by atoms with Crippen molar-refractivity contribution in [1.29, 1.82) is 0 Å². The Labute approximate surface area is 221 Å². The summed E-state index contributed by atoms with van der Waals surface area (Å²) in [4.78, 5) is 12.8. The maximum absolute atomic E-state index is 13.4. The molecular weight excluding hydrogens is 523 g/mol. The molecule has 0 heterocycles. The number of anilines is 1. The van der Waals surface area contributed by atoms with Gasteiger partial charge in [-0.1, -0.05) is 41.4 Å². The van der Waals surface area contributed by atoms with Gasteiger partial charge in [0.15, 0.2) is 0 Å². The maximum atomic E-state index is 13.4. The Morgan fingerprint density at radius 1 is 0.914 bits per heavy atom. The first-order valence-electron chi connectivity index (χ1n) is 11.1. The summed E-state index contributed by atoms with van der Waals surface area (Å²) in [5.74, 6) is 1.38. The highest BCUT2D eigenvalue weighted by Crippen LogP contribution is 2.26. The molecule has 9 heteroatoms. The van der Waals surface area contributed by atoms with E-state index in [1.165, 1.54) is 29.8 Å². The van der Waals surface area contributed by atoms with Crippen molar-refractivity contribution in [1.82, 2.24) is 5.32 Å². The van der Waals surface area contributed by atoms with E-state index >= 15 is 0 Å². The lowest BCUT2D eigenvalue weighted by atomic mass is 10.1. The van der Waals surface area contributed by atoms with Crippen LogP contribution in [0.1, 0.15) is 23.1 Å². The molecule has 0 saturated carbocycles. The standard InChI is InChI=1S/C26H28Cl2N2O3S2/c1-19-4-11-24(16-20(19)2)30(35(32,33)25-12-9-23(28)10-13-25)17-26(31)29-14-3-15-34-18-21-5-7-22(27)8-6-21/h4-13,16H,3,14-15,17-18H2,1-2H3,(H,29,31). The molecule has 1 N–H and O–H groups in total. The van der Waals surface area contributed by atoms with Gasteiger partial charge in [-0.2, -0.15) is 11.8 Å². The molecule has 0 unspecified atom stereocenters. The van der Waals surface area contributed by atoms with E-state index in [4.69, 9.17) is 23.2 Å². The third-order valence-electron chi connectivity index (χ3n) is 5.44. The van der Waals surface area contributed by atoms with Crippen LogP contribution in [-0.2, 0) is 20.6 Å². The lowest BCUT2D eigenvalue weighted by Gasteiger charge is -2.25. The van der Waals surface area contributed by atoms with Gasteiger partial charge < -0.3 is 5.32 Å². The minimum atomic E-state index is -3.97. The minimum Gasteiger partial charge on any atom is -0.354 e. The van der Waals surface area contributed by atoms with Crippen LogP contribution in [0.25, 0.3) is 0 Å². The zero-order chi connectivity index (χ0) is 25.4. The van der Waals surface area contributed by atoms with Crippen LogP contribution in [-0.4, -0.2) is 33.2 Å². The zero-order valence-electron chi connectivity index (χ0n) is 19.6. The number of carbonyl (C=O) groups excluding carboxylic acids is 1. The summed E-state index contributed by atoms with van der Waals surface area (Å²) in [6.07, 6.45) is 0.775. The first-order valence-corrected chi connectivity index (χ1v) is 14.5. The predicted octanol–water partition coefficient (Wildman–Crippen LogP) is 6.25. The van der Waals surface area contributed by atoms with Gasteiger partial charge in [0.2, 0.25) is 5.91 Å². The lowest BCUT2D eigenvalue weighted by Crippen LogP contribution is -2.41. The Kier molecular flexibility index (Phi) is 9.92. The Morgan fingerprint density at radius 2 is 1.54 bits per heavy atom. The van der Waals surface area contributed by atoms with Crippen molar-refractivity contribution in [2.45, 2.75) is 30.9 Å². The SMILES string of the molecule is Cc1ccc(N(CC(=O)NCCCSCc2ccc(Cl)cc2)S(=O)(=O)c2ccc(Cl)cc2)cc1C. The quantitative estimate of drug-likeness (QED) is 0.287. The number of rotatable bonds is 11.